The van der Waals surface area contributed by atoms with E-state index in [1.165, 1.54) is 4.31 Å². The maximum absolute atomic E-state index is 13.1. The smallest absolute Gasteiger partial charge is 0.243 e. The summed E-state index contributed by atoms with van der Waals surface area (Å²) in [6, 6.07) is 12.4. The van der Waals surface area contributed by atoms with E-state index in [-0.39, 0.29) is 4.90 Å². The molecule has 0 radical (unpaired) electrons. The summed E-state index contributed by atoms with van der Waals surface area (Å²) in [6.07, 6.45) is 1.71. The molecular formula is C21H23ClN6O2S. The zero-order valence-electron chi connectivity index (χ0n) is 17.3. The molecule has 0 amide bonds. The number of sulfonamides is 1. The van der Waals surface area contributed by atoms with Crippen LogP contribution in [-0.2, 0) is 10.0 Å². The van der Waals surface area contributed by atoms with Gasteiger partial charge in [0, 0.05) is 43.5 Å². The molecular weight excluding hydrogens is 436 g/mol. The molecule has 0 bridgehead atoms. The molecule has 0 unspecified atom stereocenters. The summed E-state index contributed by atoms with van der Waals surface area (Å²) in [4.78, 5) is 15.5. The summed E-state index contributed by atoms with van der Waals surface area (Å²) in [7, 11) is -3.61. The number of benzene rings is 1. The average molecular weight is 459 g/mol. The van der Waals surface area contributed by atoms with E-state index in [1.807, 2.05) is 31.2 Å². The minimum absolute atomic E-state index is 0.258. The number of nitrogens with one attached hydrogen (secondary N) is 1. The van der Waals surface area contributed by atoms with Gasteiger partial charge in [0.2, 0.25) is 10.0 Å². The minimum Gasteiger partial charge on any atom is -0.354 e. The number of hydrogen-bond donors (Lipinski definition) is 1. The van der Waals surface area contributed by atoms with Crippen molar-refractivity contribution in [2.75, 3.05) is 36.4 Å². The highest BCUT2D eigenvalue weighted by atomic mass is 35.5. The van der Waals surface area contributed by atoms with Crippen molar-refractivity contribution in [1.29, 1.82) is 0 Å². The molecule has 0 atom stereocenters. The van der Waals surface area contributed by atoms with Crippen LogP contribution in [-0.4, -0.2) is 53.9 Å². The van der Waals surface area contributed by atoms with Crippen molar-refractivity contribution >= 4 is 39.1 Å². The van der Waals surface area contributed by atoms with Gasteiger partial charge in [0.05, 0.1) is 4.90 Å². The molecule has 1 fully saturated rings. The Kier molecular flexibility index (Phi) is 6.08. The SMILES string of the molecule is Cc1nc(Nc2ccccn2)cc(N2CCN(S(=O)(=O)c3cccc(Cl)c3C)CC2)n1. The highest BCUT2D eigenvalue weighted by Crippen LogP contribution is 2.27. The lowest BCUT2D eigenvalue weighted by molar-refractivity contribution is 0.383. The second kappa shape index (κ2) is 8.78. The zero-order chi connectivity index (χ0) is 22.0. The Hall–Kier alpha value is -2.75. The Balaban J connectivity index is 1.49. The molecule has 0 aliphatic carbocycles. The minimum atomic E-state index is -3.61. The predicted molar refractivity (Wildman–Crippen MR) is 121 cm³/mol. The molecule has 0 spiro atoms. The highest BCUT2D eigenvalue weighted by Gasteiger charge is 2.30. The number of aromatic nitrogens is 3. The highest BCUT2D eigenvalue weighted by molar-refractivity contribution is 7.89. The van der Waals surface area contributed by atoms with Crippen LogP contribution in [0.25, 0.3) is 0 Å². The first-order chi connectivity index (χ1) is 14.8. The third-order valence-corrected chi connectivity index (χ3v) is 7.60. The van der Waals surface area contributed by atoms with Crippen molar-refractivity contribution in [3.05, 3.63) is 65.1 Å². The van der Waals surface area contributed by atoms with Crippen molar-refractivity contribution in [3.8, 4) is 0 Å². The van der Waals surface area contributed by atoms with Crippen LogP contribution in [0.4, 0.5) is 17.5 Å². The molecule has 162 valence electrons. The Morgan fingerprint density at radius 3 is 2.45 bits per heavy atom. The van der Waals surface area contributed by atoms with E-state index in [4.69, 9.17) is 11.6 Å². The van der Waals surface area contributed by atoms with E-state index in [0.717, 1.165) is 5.82 Å². The maximum atomic E-state index is 13.1. The van der Waals surface area contributed by atoms with Gasteiger partial charge in [-0.3, -0.25) is 0 Å². The van der Waals surface area contributed by atoms with Gasteiger partial charge in [-0.15, -0.1) is 0 Å². The fraction of sp³-hybridized carbons (Fsp3) is 0.286. The molecule has 1 aliphatic heterocycles. The fourth-order valence-corrected chi connectivity index (χ4v) is 5.41. The van der Waals surface area contributed by atoms with Crippen LogP contribution < -0.4 is 10.2 Å². The van der Waals surface area contributed by atoms with Gasteiger partial charge < -0.3 is 10.2 Å². The number of piperazine rings is 1. The largest absolute Gasteiger partial charge is 0.354 e. The number of hydrogen-bond acceptors (Lipinski definition) is 7. The standard InChI is InChI=1S/C21H23ClN6O2S/c1-15-17(22)6-5-7-18(15)31(29,30)28-12-10-27(11-13-28)21-14-20(24-16(2)25-21)26-19-8-3-4-9-23-19/h3-9,14H,10-13H2,1-2H3,(H,23,24,25,26). The van der Waals surface area contributed by atoms with Crippen LogP contribution in [0.3, 0.4) is 0 Å². The topological polar surface area (TPSA) is 91.3 Å². The third kappa shape index (κ3) is 4.63. The first-order valence-electron chi connectivity index (χ1n) is 9.88. The van der Waals surface area contributed by atoms with Crippen LogP contribution in [0.1, 0.15) is 11.4 Å². The van der Waals surface area contributed by atoms with Crippen LogP contribution in [0.5, 0.6) is 0 Å². The summed E-state index contributed by atoms with van der Waals surface area (Å²) < 4.78 is 27.7. The summed E-state index contributed by atoms with van der Waals surface area (Å²) in [5.74, 6) is 2.72. The molecule has 31 heavy (non-hydrogen) atoms. The molecule has 3 aromatic rings. The Morgan fingerprint density at radius 1 is 0.968 bits per heavy atom. The van der Waals surface area contributed by atoms with Crippen molar-refractivity contribution in [3.63, 3.8) is 0 Å². The monoisotopic (exact) mass is 458 g/mol. The summed E-state index contributed by atoms with van der Waals surface area (Å²) in [5, 5.41) is 3.63. The Morgan fingerprint density at radius 2 is 1.74 bits per heavy atom. The van der Waals surface area contributed by atoms with Crippen LogP contribution >= 0.6 is 11.6 Å². The van der Waals surface area contributed by atoms with E-state index < -0.39 is 10.0 Å². The van der Waals surface area contributed by atoms with Gasteiger partial charge in [-0.1, -0.05) is 23.7 Å². The predicted octanol–water partition coefficient (Wildman–Crippen LogP) is 3.40. The number of aryl methyl sites for hydroxylation is 1. The lowest BCUT2D eigenvalue weighted by Gasteiger charge is -2.35. The molecule has 0 saturated carbocycles. The number of anilines is 3. The first-order valence-corrected chi connectivity index (χ1v) is 11.7. The summed E-state index contributed by atoms with van der Waals surface area (Å²) >= 11 is 6.13. The zero-order valence-corrected chi connectivity index (χ0v) is 18.9. The van der Waals surface area contributed by atoms with Crippen molar-refractivity contribution < 1.29 is 8.42 Å². The molecule has 8 nitrogen and oxygen atoms in total. The van der Waals surface area contributed by atoms with Gasteiger partial charge in [-0.2, -0.15) is 4.31 Å². The second-order valence-corrected chi connectivity index (χ2v) is 9.57. The van der Waals surface area contributed by atoms with E-state index in [0.29, 0.717) is 54.2 Å². The first kappa shape index (κ1) is 21.5. The van der Waals surface area contributed by atoms with E-state index >= 15 is 0 Å². The van der Waals surface area contributed by atoms with E-state index in [2.05, 4.69) is 25.2 Å². The lowest BCUT2D eigenvalue weighted by atomic mass is 10.2. The fourth-order valence-electron chi connectivity index (χ4n) is 3.51. The van der Waals surface area contributed by atoms with Crippen LogP contribution in [0, 0.1) is 13.8 Å². The summed E-state index contributed by atoms with van der Waals surface area (Å²) in [5.41, 5.74) is 0.572. The van der Waals surface area contributed by atoms with Gasteiger partial charge in [-0.05, 0) is 43.7 Å². The Labute approximate surface area is 187 Å². The number of nitrogens with zero attached hydrogens (tertiary/aromatic N) is 5. The lowest BCUT2D eigenvalue weighted by Crippen LogP contribution is -2.49. The normalized spacial score (nSPS) is 15.1. The number of halogens is 1. The van der Waals surface area contributed by atoms with Crippen LogP contribution in [0.15, 0.2) is 53.6 Å². The van der Waals surface area contributed by atoms with Gasteiger partial charge in [-0.25, -0.2) is 23.4 Å². The second-order valence-electron chi connectivity index (χ2n) is 7.25. The summed E-state index contributed by atoms with van der Waals surface area (Å²) in [6.45, 7) is 5.33. The molecule has 10 heteroatoms. The van der Waals surface area contributed by atoms with Gasteiger partial charge in [0.15, 0.2) is 0 Å². The van der Waals surface area contributed by atoms with E-state index in [1.54, 1.807) is 31.3 Å². The Bertz CT molecular complexity index is 1180. The molecule has 1 N–H and O–H groups in total. The van der Waals surface area contributed by atoms with E-state index in [9.17, 15) is 8.42 Å². The van der Waals surface area contributed by atoms with Gasteiger partial charge in [0.25, 0.3) is 0 Å². The van der Waals surface area contributed by atoms with Crippen LogP contribution in [0.2, 0.25) is 5.02 Å². The molecule has 1 aliphatic rings. The molecule has 4 rings (SSSR count). The molecule has 1 aromatic carbocycles. The number of rotatable bonds is 5. The van der Waals surface area contributed by atoms with Crippen molar-refractivity contribution in [2.24, 2.45) is 0 Å². The van der Waals surface area contributed by atoms with Crippen molar-refractivity contribution in [1.82, 2.24) is 19.3 Å². The third-order valence-electron chi connectivity index (χ3n) is 5.14. The number of pyridine rings is 1. The molecule has 1 saturated heterocycles. The van der Waals surface area contributed by atoms with Crippen molar-refractivity contribution in [2.45, 2.75) is 18.7 Å². The quantitative estimate of drug-likeness (QED) is 0.626. The maximum Gasteiger partial charge on any atom is 0.243 e. The average Bonchev–Trinajstić information content (AvgIpc) is 2.76. The molecule has 3 heterocycles. The van der Waals surface area contributed by atoms with Gasteiger partial charge in [0.1, 0.15) is 23.3 Å². The molecule has 2 aromatic heterocycles. The van der Waals surface area contributed by atoms with Gasteiger partial charge >= 0.3 is 0 Å².